The summed E-state index contributed by atoms with van der Waals surface area (Å²) in [5.41, 5.74) is -4.71. The molecule has 1 aliphatic heterocycles. The first-order chi connectivity index (χ1) is 14.6. The Bertz CT molecular complexity index is 1030. The highest BCUT2D eigenvalue weighted by Gasteiger charge is 2.55. The van der Waals surface area contributed by atoms with E-state index in [1.807, 2.05) is 18.7 Å². The van der Waals surface area contributed by atoms with Crippen LogP contribution in [0.1, 0.15) is 36.1 Å². The molecule has 164 valence electrons. The van der Waals surface area contributed by atoms with Crippen LogP contribution in [0.2, 0.25) is 5.02 Å². The van der Waals surface area contributed by atoms with Gasteiger partial charge in [-0.2, -0.15) is 18.4 Å². The number of likely N-dealkylation sites (N-methyl/N-ethyl adjacent to an activating group) is 1. The zero-order valence-corrected chi connectivity index (χ0v) is 17.8. The van der Waals surface area contributed by atoms with Gasteiger partial charge in [0.1, 0.15) is 0 Å². The normalized spacial score (nSPS) is 18.4. The fourth-order valence-corrected chi connectivity index (χ4v) is 4.01. The van der Waals surface area contributed by atoms with Crippen LogP contribution in [0.4, 0.5) is 18.9 Å². The van der Waals surface area contributed by atoms with Crippen molar-refractivity contribution in [2.24, 2.45) is 0 Å². The molecule has 31 heavy (non-hydrogen) atoms. The number of nitriles is 1. The molecule has 0 radical (unpaired) electrons. The van der Waals surface area contributed by atoms with E-state index in [1.165, 1.54) is 30.3 Å². The highest BCUT2D eigenvalue weighted by molar-refractivity contribution is 6.30. The number of benzene rings is 2. The number of anilines is 1. The molecule has 1 N–H and O–H groups in total. The predicted molar refractivity (Wildman–Crippen MR) is 111 cm³/mol. The largest absolute Gasteiger partial charge is 0.416 e. The van der Waals surface area contributed by atoms with E-state index < -0.39 is 28.8 Å². The number of aliphatic hydroxyl groups is 1. The van der Waals surface area contributed by atoms with Crippen LogP contribution in [0.25, 0.3) is 0 Å². The van der Waals surface area contributed by atoms with E-state index >= 15 is 0 Å². The van der Waals surface area contributed by atoms with Gasteiger partial charge in [0.2, 0.25) is 0 Å². The van der Waals surface area contributed by atoms with Gasteiger partial charge in [-0.15, -0.1) is 0 Å². The molecule has 1 unspecified atom stereocenters. The quantitative estimate of drug-likeness (QED) is 0.716. The molecule has 1 heterocycles. The van der Waals surface area contributed by atoms with Crippen LogP contribution in [0.15, 0.2) is 36.4 Å². The maximum Gasteiger partial charge on any atom is 0.416 e. The predicted octanol–water partition coefficient (Wildman–Crippen LogP) is 4.15. The number of hydrogen-bond acceptors (Lipinski definition) is 4. The summed E-state index contributed by atoms with van der Waals surface area (Å²) in [5.74, 6) is -0.891. The molecule has 9 heteroatoms. The molecule has 3 rings (SSSR count). The Labute approximate surface area is 183 Å². The Morgan fingerprint density at radius 3 is 2.32 bits per heavy atom. The van der Waals surface area contributed by atoms with Gasteiger partial charge < -0.3 is 14.9 Å². The Hall–Kier alpha value is -2.60. The fraction of sp³-hybridized carbons (Fsp3) is 0.364. The molecule has 0 spiro atoms. The number of nitrogens with zero attached hydrogens (tertiary/aromatic N) is 3. The number of rotatable bonds is 6. The topological polar surface area (TPSA) is 67.6 Å². The lowest BCUT2D eigenvalue weighted by atomic mass is 9.84. The second-order valence-electron chi connectivity index (χ2n) is 7.23. The van der Waals surface area contributed by atoms with Crippen molar-refractivity contribution in [2.45, 2.75) is 25.6 Å². The summed E-state index contributed by atoms with van der Waals surface area (Å²) in [6.07, 6.45) is -4.88. The molecule has 2 aromatic carbocycles. The Morgan fingerprint density at radius 2 is 1.81 bits per heavy atom. The maximum atomic E-state index is 14.0. The van der Waals surface area contributed by atoms with Gasteiger partial charge in [-0.1, -0.05) is 37.6 Å². The highest BCUT2D eigenvalue weighted by atomic mass is 35.5. The van der Waals surface area contributed by atoms with Gasteiger partial charge in [-0.3, -0.25) is 4.79 Å². The molecule has 0 fully saturated rings. The van der Waals surface area contributed by atoms with Crippen molar-refractivity contribution in [3.63, 3.8) is 0 Å². The lowest BCUT2D eigenvalue weighted by Crippen LogP contribution is -2.44. The summed E-state index contributed by atoms with van der Waals surface area (Å²) in [7, 11) is 0. The maximum absolute atomic E-state index is 14.0. The molecule has 0 saturated carbocycles. The van der Waals surface area contributed by atoms with E-state index in [2.05, 4.69) is 0 Å². The first-order valence-electron chi connectivity index (χ1n) is 9.76. The van der Waals surface area contributed by atoms with Crippen LogP contribution < -0.4 is 4.90 Å². The molecule has 1 amide bonds. The number of carbonyl (C=O) groups is 1. The van der Waals surface area contributed by atoms with Gasteiger partial charge in [0, 0.05) is 23.7 Å². The molecule has 5 nitrogen and oxygen atoms in total. The number of alkyl halides is 3. The monoisotopic (exact) mass is 451 g/mol. The van der Waals surface area contributed by atoms with Gasteiger partial charge >= 0.3 is 6.18 Å². The van der Waals surface area contributed by atoms with E-state index in [9.17, 15) is 28.3 Å². The molecular weight excluding hydrogens is 431 g/mol. The van der Waals surface area contributed by atoms with Gasteiger partial charge in [-0.25, -0.2) is 0 Å². The zero-order chi connectivity index (χ0) is 23.0. The van der Waals surface area contributed by atoms with Crippen molar-refractivity contribution < 1.29 is 23.1 Å². The van der Waals surface area contributed by atoms with Crippen LogP contribution in [-0.4, -0.2) is 42.1 Å². The standard InChI is InChI=1S/C22H21ClF3N3O2/c1-3-28(4-2)9-10-29-18-12-14(13-27)11-17(22(24,25)26)19(18)21(31,20(29)30)15-5-7-16(23)8-6-15/h5-8,11-12,31H,3-4,9-10H2,1-2H3. The minimum atomic E-state index is -4.88. The minimum absolute atomic E-state index is 0.0244. The zero-order valence-electron chi connectivity index (χ0n) is 17.0. The molecule has 0 aromatic heterocycles. The van der Waals surface area contributed by atoms with Crippen LogP contribution in [0.5, 0.6) is 0 Å². The number of fused-ring (bicyclic) bond motifs is 1. The van der Waals surface area contributed by atoms with Crippen LogP contribution in [0.3, 0.4) is 0 Å². The summed E-state index contributed by atoms with van der Waals surface area (Å²) in [4.78, 5) is 16.6. The van der Waals surface area contributed by atoms with Crippen molar-refractivity contribution in [1.82, 2.24) is 4.90 Å². The molecule has 0 saturated heterocycles. The summed E-state index contributed by atoms with van der Waals surface area (Å²) in [5, 5.41) is 21.1. The van der Waals surface area contributed by atoms with Crippen molar-refractivity contribution >= 4 is 23.2 Å². The smallest absolute Gasteiger partial charge is 0.372 e. The first-order valence-corrected chi connectivity index (χ1v) is 10.1. The second-order valence-corrected chi connectivity index (χ2v) is 7.66. The number of carbonyl (C=O) groups excluding carboxylic acids is 1. The molecule has 1 aliphatic rings. The Kier molecular flexibility index (Phi) is 6.33. The third-order valence-corrected chi connectivity index (χ3v) is 5.81. The lowest BCUT2D eigenvalue weighted by molar-refractivity contribution is -0.142. The van der Waals surface area contributed by atoms with E-state index in [0.717, 1.165) is 4.90 Å². The summed E-state index contributed by atoms with van der Waals surface area (Å²) < 4.78 is 41.9. The molecule has 0 aliphatic carbocycles. The Balaban J connectivity index is 2.26. The van der Waals surface area contributed by atoms with Gasteiger partial charge in [0.05, 0.1) is 22.9 Å². The lowest BCUT2D eigenvalue weighted by Gasteiger charge is -2.26. The average molecular weight is 452 g/mol. The third kappa shape index (κ3) is 4.01. The molecule has 2 aromatic rings. The summed E-state index contributed by atoms with van der Waals surface area (Å²) in [6, 6.07) is 9.07. The first kappa shape index (κ1) is 23.1. The van der Waals surface area contributed by atoms with Crippen molar-refractivity contribution in [3.05, 3.63) is 63.7 Å². The number of halogens is 4. The number of hydrogen-bond donors (Lipinski definition) is 1. The molecule has 0 bridgehead atoms. The highest BCUT2D eigenvalue weighted by Crippen LogP contribution is 2.50. The second kappa shape index (κ2) is 8.50. The third-order valence-electron chi connectivity index (χ3n) is 5.56. The molecular formula is C22H21ClF3N3O2. The van der Waals surface area contributed by atoms with Crippen LogP contribution in [-0.2, 0) is 16.6 Å². The SMILES string of the molecule is CCN(CC)CCN1C(=O)C(O)(c2ccc(Cl)cc2)c2c1cc(C#N)cc2C(F)(F)F. The van der Waals surface area contributed by atoms with E-state index in [1.54, 1.807) is 6.07 Å². The van der Waals surface area contributed by atoms with Gasteiger partial charge in [0.25, 0.3) is 5.91 Å². The van der Waals surface area contributed by atoms with Gasteiger partial charge in [-0.05, 0) is 42.9 Å². The summed E-state index contributed by atoms with van der Waals surface area (Å²) >= 11 is 5.89. The van der Waals surface area contributed by atoms with Crippen molar-refractivity contribution in [1.29, 1.82) is 5.26 Å². The van der Waals surface area contributed by atoms with E-state index in [4.69, 9.17) is 11.6 Å². The van der Waals surface area contributed by atoms with Crippen molar-refractivity contribution in [2.75, 3.05) is 31.1 Å². The van der Waals surface area contributed by atoms with Crippen LogP contribution >= 0.6 is 11.6 Å². The molecule has 1 atom stereocenters. The minimum Gasteiger partial charge on any atom is -0.372 e. The van der Waals surface area contributed by atoms with E-state index in [-0.39, 0.29) is 23.4 Å². The van der Waals surface area contributed by atoms with Gasteiger partial charge in [0.15, 0.2) is 5.60 Å². The van der Waals surface area contributed by atoms with Crippen LogP contribution in [0, 0.1) is 11.3 Å². The number of amides is 1. The van der Waals surface area contributed by atoms with E-state index in [0.29, 0.717) is 30.7 Å². The average Bonchev–Trinajstić information content (AvgIpc) is 2.95. The fourth-order valence-electron chi connectivity index (χ4n) is 3.88. The Morgan fingerprint density at radius 1 is 1.19 bits per heavy atom. The van der Waals surface area contributed by atoms with Crippen molar-refractivity contribution in [3.8, 4) is 6.07 Å². The summed E-state index contributed by atoms with van der Waals surface area (Å²) in [6.45, 7) is 5.71.